The van der Waals surface area contributed by atoms with Crippen molar-refractivity contribution in [3.63, 3.8) is 0 Å². The molecule has 0 radical (unpaired) electrons. The van der Waals surface area contributed by atoms with Crippen LogP contribution in [0.2, 0.25) is 0 Å². The zero-order valence-corrected chi connectivity index (χ0v) is 39.8. The van der Waals surface area contributed by atoms with Crippen molar-refractivity contribution in [3.05, 3.63) is 35.9 Å². The number of alkyl carbamates (subject to hydrolysis) is 1. The van der Waals surface area contributed by atoms with E-state index in [1.165, 1.54) is 20.8 Å². The summed E-state index contributed by atoms with van der Waals surface area (Å²) in [7, 11) is 1.09. The summed E-state index contributed by atoms with van der Waals surface area (Å²) in [5.74, 6) is -6.32. The van der Waals surface area contributed by atoms with Gasteiger partial charge in [0.15, 0.2) is 24.4 Å². The monoisotopic (exact) mass is 1050 g/mol. The number of carbonyl (C=O) groups excluding carboxylic acids is 6. The number of benzene rings is 1. The predicted octanol–water partition coefficient (Wildman–Crippen LogP) is -10.3. The van der Waals surface area contributed by atoms with Crippen molar-refractivity contribution in [3.8, 4) is 0 Å². The number of hydrogen-bond acceptors (Lipinski definition) is 25. The van der Waals surface area contributed by atoms with Gasteiger partial charge < -0.3 is 111 Å². The quantitative estimate of drug-likeness (QED) is 0.0509. The van der Waals surface area contributed by atoms with Crippen LogP contribution in [0.4, 0.5) is 4.79 Å². The molecule has 73 heavy (non-hydrogen) atoms. The van der Waals surface area contributed by atoms with E-state index in [1.807, 2.05) is 0 Å². The van der Waals surface area contributed by atoms with Gasteiger partial charge in [0.1, 0.15) is 84.9 Å². The van der Waals surface area contributed by atoms with Crippen LogP contribution in [0.5, 0.6) is 0 Å². The van der Waals surface area contributed by atoms with Gasteiger partial charge in [-0.2, -0.15) is 0 Å². The summed E-state index contributed by atoms with van der Waals surface area (Å²) in [6.07, 6.45) is -33.3. The molecule has 0 saturated carbocycles. The minimum atomic E-state index is -2.26. The normalized spacial score (nSPS) is 37.2. The average molecular weight is 1050 g/mol. The highest BCUT2D eigenvalue weighted by molar-refractivity contribution is 5.89. The van der Waals surface area contributed by atoms with E-state index in [9.17, 15) is 90.0 Å². The number of aliphatic hydroxyl groups is 12. The van der Waals surface area contributed by atoms with Gasteiger partial charge in [0.25, 0.3) is 23.6 Å². The van der Waals surface area contributed by atoms with E-state index >= 15 is 0 Å². The molecule has 30 nitrogen and oxygen atoms in total. The lowest BCUT2D eigenvalue weighted by atomic mass is 9.88. The Bertz CT molecular complexity index is 2040. The molecule has 1 aromatic rings. The van der Waals surface area contributed by atoms with Crippen molar-refractivity contribution in [1.82, 2.24) is 32.1 Å². The number of rotatable bonds is 17. The number of esters is 1. The van der Waals surface area contributed by atoms with Crippen LogP contribution in [0.3, 0.4) is 0 Å². The van der Waals surface area contributed by atoms with Gasteiger partial charge in [0, 0.05) is 6.42 Å². The fourth-order valence-corrected chi connectivity index (χ4v) is 8.61. The van der Waals surface area contributed by atoms with Crippen LogP contribution in [0.15, 0.2) is 30.3 Å². The summed E-state index contributed by atoms with van der Waals surface area (Å²) in [5.41, 5.74) is 4.24. The molecule has 1 aromatic carbocycles. The third-order valence-electron chi connectivity index (χ3n) is 12.5. The Morgan fingerprint density at radius 1 is 0.521 bits per heavy atom. The van der Waals surface area contributed by atoms with Crippen molar-refractivity contribution in [2.75, 3.05) is 33.5 Å². The van der Waals surface area contributed by atoms with Gasteiger partial charge in [-0.15, -0.1) is 0 Å². The van der Waals surface area contributed by atoms with Gasteiger partial charge in [-0.3, -0.25) is 29.4 Å². The molecule has 0 aromatic heterocycles. The zero-order chi connectivity index (χ0) is 54.2. The minimum Gasteiger partial charge on any atom is -0.468 e. The molecule has 0 spiro atoms. The van der Waals surface area contributed by atoms with E-state index in [-0.39, 0.29) is 6.42 Å². The van der Waals surface area contributed by atoms with Crippen LogP contribution in [0, 0.1) is 0 Å². The first kappa shape index (κ1) is 59.0. The van der Waals surface area contributed by atoms with Crippen molar-refractivity contribution >= 4 is 35.7 Å². The molecule has 4 heterocycles. The van der Waals surface area contributed by atoms with Crippen LogP contribution in [0.1, 0.15) is 26.3 Å². The second-order valence-electron chi connectivity index (χ2n) is 18.7. The van der Waals surface area contributed by atoms with Crippen LogP contribution in [-0.2, 0) is 58.8 Å². The topological polar surface area (TPSA) is 473 Å². The highest BCUT2D eigenvalue weighted by atomic mass is 16.6. The fraction of sp³-hybridized carbons (Fsp3) is 0.721. The van der Waals surface area contributed by atoms with Crippen LogP contribution in [-0.4, -0.2) is 264 Å². The Balaban J connectivity index is 1.42. The van der Waals surface area contributed by atoms with Crippen LogP contribution in [0.25, 0.3) is 0 Å². The van der Waals surface area contributed by atoms with Crippen molar-refractivity contribution in [2.24, 2.45) is 0 Å². The summed E-state index contributed by atoms with van der Waals surface area (Å²) in [6, 6.07) is -0.833. The van der Waals surface area contributed by atoms with Gasteiger partial charge in [-0.05, 0) is 26.3 Å². The van der Waals surface area contributed by atoms with Gasteiger partial charge in [-0.1, -0.05) is 30.3 Å². The minimum absolute atomic E-state index is 0.0193. The third-order valence-corrected chi connectivity index (χ3v) is 12.5. The van der Waals surface area contributed by atoms with Gasteiger partial charge in [-0.25, -0.2) is 10.2 Å². The second kappa shape index (κ2) is 25.6. The average Bonchev–Trinajstić information content (AvgIpc) is 3.35. The number of aliphatic hydroxyl groups excluding tert-OH is 12. The van der Waals surface area contributed by atoms with E-state index in [1.54, 1.807) is 30.3 Å². The maximum absolute atomic E-state index is 14.4. The first-order valence-corrected chi connectivity index (χ1v) is 23.0. The maximum atomic E-state index is 14.4. The first-order valence-electron chi connectivity index (χ1n) is 23.0. The number of hydrogen-bond donors (Lipinski definition) is 18. The van der Waals surface area contributed by atoms with Gasteiger partial charge in [0.05, 0.1) is 57.7 Å². The Kier molecular flexibility index (Phi) is 20.7. The zero-order valence-electron chi connectivity index (χ0n) is 39.8. The molecule has 0 unspecified atom stereocenters. The van der Waals surface area contributed by atoms with Crippen molar-refractivity contribution < 1.29 is 118 Å². The molecule has 4 aliphatic rings. The molecule has 0 bridgehead atoms. The van der Waals surface area contributed by atoms with Crippen LogP contribution < -0.4 is 32.1 Å². The molecule has 5 rings (SSSR count). The summed E-state index contributed by atoms with van der Waals surface area (Å²) >= 11 is 0. The molecule has 18 N–H and O–H groups in total. The Morgan fingerprint density at radius 3 is 1.16 bits per heavy atom. The lowest BCUT2D eigenvalue weighted by Crippen LogP contribution is -2.74. The maximum Gasteiger partial charge on any atom is 0.408 e. The third kappa shape index (κ3) is 13.9. The fourth-order valence-electron chi connectivity index (χ4n) is 8.61. The van der Waals surface area contributed by atoms with E-state index in [0.717, 1.165) is 7.11 Å². The molecule has 30 heteroatoms. The molecule has 4 fully saturated rings. The summed E-state index contributed by atoms with van der Waals surface area (Å²) < 4.78 is 32.4. The molecular formula is C43H66N6O24. The Labute approximate surface area is 415 Å². The number of amides is 5. The summed E-state index contributed by atoms with van der Waals surface area (Å²) in [4.78, 5) is 82.0. The van der Waals surface area contributed by atoms with Gasteiger partial charge >= 0.3 is 12.1 Å². The largest absolute Gasteiger partial charge is 0.468 e. The van der Waals surface area contributed by atoms with Crippen molar-refractivity contribution in [2.45, 2.75) is 161 Å². The van der Waals surface area contributed by atoms with Crippen molar-refractivity contribution in [1.29, 1.82) is 0 Å². The molecule has 4 saturated heterocycles. The lowest BCUT2D eigenvalue weighted by molar-refractivity contribution is -0.214. The number of carbonyl (C=O) groups is 6. The van der Waals surface area contributed by atoms with Gasteiger partial charge in [0.2, 0.25) is 0 Å². The molecule has 5 amide bonds. The van der Waals surface area contributed by atoms with E-state index in [4.69, 9.17) is 28.4 Å². The Hall–Kier alpha value is -4.84. The lowest BCUT2D eigenvalue weighted by Gasteiger charge is -2.46. The van der Waals surface area contributed by atoms with Crippen LogP contribution >= 0.6 is 0 Å². The summed E-state index contributed by atoms with van der Waals surface area (Å²) in [6.45, 7) is 0.406. The highest BCUT2D eigenvalue weighted by Crippen LogP contribution is 2.29. The smallest absolute Gasteiger partial charge is 0.408 e. The molecule has 4 aliphatic heterocycles. The standard InChI is InChI=1S/C43H66N6O24/c1-43(2,3)73-42(67)47-24-32(61)28(57)19(13-52)71-35(24)39(64)45-22-30(59)26(55)17(11-50)69-33(22)37(62)44-21-29(58)25(54)18(12-51)70-34(21)38(63)46-23-31(60)27(56)20(14-53)72-36(23)40(65)49-48-16(41(66)68-4)10-15-8-6-5-7-9-15/h5-9,16-36,48,50-61H,10-14H2,1-4H3,(H,44,62)(H,45,64)(H,46,63)(H,47,67)(H,49,65)/t16-,17+,18+,19+,20+,21+,22+,23+,24+,25+,26+,27+,28+,29+,30+,31+,32+,33+,34+,35+,36+/m0/s1. The summed E-state index contributed by atoms with van der Waals surface area (Å²) in [5, 5.41) is 137. The SMILES string of the molecule is COC(=O)[C@H](Cc1ccccc1)NNC(=O)[C@@H]1O[C@H](CO)[C@@H](O)[C@H](O)[C@H]1NC(=O)[C@@H]1O[C@H](CO)[C@@H](O)[C@H](O)[C@H]1NC(=O)[C@@H]1O[C@H](CO)[C@@H](O)[C@H](O)[C@H]1NC(=O)[C@@H]1O[C@H](CO)[C@@H](O)[C@H](O)[C@H]1NC(=O)OC(C)(C)C. The number of ether oxygens (including phenoxy) is 6. The highest BCUT2D eigenvalue weighted by Gasteiger charge is 2.56. The molecular weight excluding hydrogens is 984 g/mol. The number of methoxy groups -OCH3 is 1. The Morgan fingerprint density at radius 2 is 0.849 bits per heavy atom. The number of nitrogens with one attached hydrogen (secondary N) is 6. The van der Waals surface area contributed by atoms with E-state index < -0.39 is 196 Å². The first-order chi connectivity index (χ1) is 34.4. The van der Waals surface area contributed by atoms with E-state index in [0.29, 0.717) is 5.56 Å². The molecule has 21 atom stereocenters. The van der Waals surface area contributed by atoms with E-state index in [2.05, 4.69) is 32.1 Å². The second-order valence-corrected chi connectivity index (χ2v) is 18.7. The number of hydrazine groups is 1. The predicted molar refractivity (Wildman–Crippen MR) is 237 cm³/mol. The molecule has 0 aliphatic carbocycles. The molecule has 412 valence electrons.